The van der Waals surface area contributed by atoms with E-state index in [1.807, 2.05) is 67.5 Å². The molecule has 0 saturated heterocycles. The van der Waals surface area contributed by atoms with Gasteiger partial charge in [-0.3, -0.25) is 4.79 Å². The van der Waals surface area contributed by atoms with Gasteiger partial charge in [0.1, 0.15) is 11.4 Å². The molecule has 0 unspecified atom stereocenters. The number of benzene rings is 2. The zero-order valence-corrected chi connectivity index (χ0v) is 19.7. The maximum atomic E-state index is 13.9. The fraction of sp³-hybridized carbons (Fsp3) is 0.280. The molecule has 8 heteroatoms. The number of hydrogen-bond donors (Lipinski definition) is 1. The summed E-state index contributed by atoms with van der Waals surface area (Å²) in [7, 11) is 5.54. The summed E-state index contributed by atoms with van der Waals surface area (Å²) in [6, 6.07) is 18.7. The van der Waals surface area contributed by atoms with Gasteiger partial charge in [-0.15, -0.1) is 11.8 Å². The van der Waals surface area contributed by atoms with Gasteiger partial charge >= 0.3 is 5.97 Å². The van der Waals surface area contributed by atoms with E-state index in [0.717, 1.165) is 21.9 Å². The molecular formula is C25H27N3O4S. The van der Waals surface area contributed by atoms with E-state index in [2.05, 4.69) is 4.98 Å². The Kier molecular flexibility index (Phi) is 7.05. The minimum atomic E-state index is -1.01. The highest BCUT2D eigenvalue weighted by molar-refractivity contribution is 7.99. The molecule has 4 rings (SSSR count). The van der Waals surface area contributed by atoms with E-state index in [-0.39, 0.29) is 5.91 Å². The highest BCUT2D eigenvalue weighted by atomic mass is 32.2. The Balaban J connectivity index is 1.76. The van der Waals surface area contributed by atoms with E-state index in [9.17, 15) is 9.59 Å². The molecule has 0 saturated carbocycles. The number of aromatic nitrogens is 1. The fourth-order valence-corrected chi connectivity index (χ4v) is 5.01. The first kappa shape index (κ1) is 22.9. The van der Waals surface area contributed by atoms with Gasteiger partial charge in [-0.25, -0.2) is 4.79 Å². The topological polar surface area (TPSA) is 74.9 Å². The van der Waals surface area contributed by atoms with Crippen LogP contribution in [-0.2, 0) is 9.53 Å². The van der Waals surface area contributed by atoms with Gasteiger partial charge in [-0.1, -0.05) is 24.3 Å². The number of para-hydroxylation sites is 1. The number of carbonyl (C=O) groups is 2. The van der Waals surface area contributed by atoms with Gasteiger partial charge < -0.3 is 24.3 Å². The number of rotatable bonds is 7. The maximum Gasteiger partial charge on any atom is 0.355 e. The molecule has 1 aliphatic rings. The second-order valence-corrected chi connectivity index (χ2v) is 9.17. The summed E-state index contributed by atoms with van der Waals surface area (Å²) in [4.78, 5) is 34.4. The van der Waals surface area contributed by atoms with Crippen molar-refractivity contribution in [3.63, 3.8) is 0 Å². The lowest BCUT2D eigenvalue weighted by molar-refractivity contribution is -0.127. The molecule has 0 fully saturated rings. The van der Waals surface area contributed by atoms with Crippen LogP contribution in [0, 0.1) is 0 Å². The second-order valence-electron chi connectivity index (χ2n) is 7.98. The van der Waals surface area contributed by atoms with Crippen LogP contribution in [0.3, 0.4) is 0 Å². The minimum Gasteiger partial charge on any atom is -0.497 e. The van der Waals surface area contributed by atoms with Crippen molar-refractivity contribution in [1.29, 1.82) is 0 Å². The van der Waals surface area contributed by atoms with Gasteiger partial charge in [0.15, 0.2) is 6.10 Å². The van der Waals surface area contributed by atoms with Crippen molar-refractivity contribution in [1.82, 2.24) is 9.88 Å². The number of carbonyl (C=O) groups excluding carboxylic acids is 2. The molecule has 2 aromatic carbocycles. The van der Waals surface area contributed by atoms with E-state index in [1.165, 1.54) is 11.8 Å². The van der Waals surface area contributed by atoms with Gasteiger partial charge in [0.2, 0.25) is 0 Å². The fourth-order valence-electron chi connectivity index (χ4n) is 3.70. The Bertz CT molecular complexity index is 1100. The van der Waals surface area contributed by atoms with Crippen molar-refractivity contribution in [3.05, 3.63) is 78.1 Å². The van der Waals surface area contributed by atoms with Gasteiger partial charge in [-0.05, 0) is 56.1 Å². The predicted octanol–water partition coefficient (Wildman–Crippen LogP) is 3.99. The van der Waals surface area contributed by atoms with E-state index < -0.39 is 17.3 Å². The third-order valence-corrected chi connectivity index (χ3v) is 6.83. The lowest BCUT2D eigenvalue weighted by Gasteiger charge is -2.28. The number of anilines is 1. The van der Waals surface area contributed by atoms with Crippen molar-refractivity contribution in [2.24, 2.45) is 0 Å². The highest BCUT2D eigenvalue weighted by Crippen LogP contribution is 2.47. The first-order valence-electron chi connectivity index (χ1n) is 10.7. The van der Waals surface area contributed by atoms with Gasteiger partial charge in [-0.2, -0.15) is 0 Å². The number of amides is 1. The van der Waals surface area contributed by atoms with E-state index in [1.54, 1.807) is 30.3 Å². The summed E-state index contributed by atoms with van der Waals surface area (Å²) in [5.74, 6) is -0.0809. The molecule has 2 atom stereocenters. The summed E-state index contributed by atoms with van der Waals surface area (Å²) in [6.07, 6.45) is 0.647. The molecule has 1 aromatic heterocycles. The van der Waals surface area contributed by atoms with E-state index >= 15 is 0 Å². The Morgan fingerprint density at radius 2 is 1.85 bits per heavy atom. The SMILES string of the molecule is COc1ccc([C@H]2Sc3ccccc3N(CCN(C)C)C(=O)[C@H]2OC(=O)c2ccc[nH]2)cc1. The first-order valence-corrected chi connectivity index (χ1v) is 11.6. The van der Waals surface area contributed by atoms with Crippen molar-refractivity contribution in [2.75, 3.05) is 39.2 Å². The average Bonchev–Trinajstić information content (AvgIpc) is 3.34. The normalized spacial score (nSPS) is 18.1. The molecule has 0 bridgehead atoms. The molecular weight excluding hydrogens is 438 g/mol. The maximum absolute atomic E-state index is 13.9. The van der Waals surface area contributed by atoms with Crippen LogP contribution in [0.15, 0.2) is 71.8 Å². The van der Waals surface area contributed by atoms with Gasteiger partial charge in [0.25, 0.3) is 5.91 Å². The number of H-pyrrole nitrogens is 1. The summed E-state index contributed by atoms with van der Waals surface area (Å²) in [5, 5.41) is -0.423. The number of ether oxygens (including phenoxy) is 2. The number of aromatic amines is 1. The molecule has 33 heavy (non-hydrogen) atoms. The number of methoxy groups -OCH3 is 1. The first-order chi connectivity index (χ1) is 16.0. The summed E-state index contributed by atoms with van der Waals surface area (Å²) >= 11 is 1.53. The summed E-state index contributed by atoms with van der Waals surface area (Å²) < 4.78 is 11.2. The van der Waals surface area contributed by atoms with Crippen molar-refractivity contribution < 1.29 is 19.1 Å². The number of nitrogens with one attached hydrogen (secondary N) is 1. The largest absolute Gasteiger partial charge is 0.497 e. The summed E-state index contributed by atoms with van der Waals surface area (Å²) in [6.45, 7) is 1.16. The molecule has 1 N–H and O–H groups in total. The smallest absolute Gasteiger partial charge is 0.355 e. The molecule has 0 spiro atoms. The van der Waals surface area contributed by atoms with Crippen LogP contribution in [0.25, 0.3) is 0 Å². The number of hydrogen-bond acceptors (Lipinski definition) is 6. The lowest BCUT2D eigenvalue weighted by Crippen LogP contribution is -2.45. The average molecular weight is 466 g/mol. The van der Waals surface area contributed by atoms with Crippen LogP contribution in [0.1, 0.15) is 21.3 Å². The van der Waals surface area contributed by atoms with Crippen LogP contribution < -0.4 is 9.64 Å². The zero-order chi connectivity index (χ0) is 23.4. The quantitative estimate of drug-likeness (QED) is 0.532. The molecule has 172 valence electrons. The molecule has 0 aliphatic carbocycles. The van der Waals surface area contributed by atoms with Gasteiger partial charge in [0, 0.05) is 24.2 Å². The van der Waals surface area contributed by atoms with Crippen LogP contribution in [0.5, 0.6) is 5.75 Å². The molecule has 1 amide bonds. The number of esters is 1. The van der Waals surface area contributed by atoms with E-state index in [0.29, 0.717) is 18.8 Å². The zero-order valence-electron chi connectivity index (χ0n) is 18.9. The van der Waals surface area contributed by atoms with Crippen LogP contribution in [0.4, 0.5) is 5.69 Å². The molecule has 0 radical (unpaired) electrons. The van der Waals surface area contributed by atoms with Crippen LogP contribution >= 0.6 is 11.8 Å². The van der Waals surface area contributed by atoms with E-state index in [4.69, 9.17) is 9.47 Å². The molecule has 2 heterocycles. The molecule has 3 aromatic rings. The summed E-state index contributed by atoms with van der Waals surface area (Å²) in [5.41, 5.74) is 2.01. The van der Waals surface area contributed by atoms with Crippen LogP contribution in [-0.4, -0.2) is 62.2 Å². The number of fused-ring (bicyclic) bond motifs is 1. The predicted molar refractivity (Wildman–Crippen MR) is 129 cm³/mol. The Hall–Kier alpha value is -3.23. The third kappa shape index (κ3) is 5.07. The van der Waals surface area contributed by atoms with Gasteiger partial charge in [0.05, 0.1) is 18.0 Å². The number of likely N-dealkylation sites (N-methyl/N-ethyl adjacent to an activating group) is 1. The Morgan fingerprint density at radius 3 is 2.52 bits per heavy atom. The highest BCUT2D eigenvalue weighted by Gasteiger charge is 2.41. The molecule has 7 nitrogen and oxygen atoms in total. The van der Waals surface area contributed by atoms with Crippen molar-refractivity contribution >= 4 is 29.3 Å². The monoisotopic (exact) mass is 465 g/mol. The Labute approximate surface area is 197 Å². The van der Waals surface area contributed by atoms with Crippen molar-refractivity contribution in [2.45, 2.75) is 16.2 Å². The molecule has 1 aliphatic heterocycles. The number of nitrogens with zero attached hydrogens (tertiary/aromatic N) is 2. The standard InChI is InChI=1S/C25H27N3O4S/c1-27(2)15-16-28-20-8-4-5-9-21(20)33-23(17-10-12-18(31-3)13-11-17)22(24(28)29)32-25(30)19-7-6-14-26-19/h4-14,22-23,26H,15-16H2,1-3H3/t22-,23+/m0/s1. The van der Waals surface area contributed by atoms with Crippen LogP contribution in [0.2, 0.25) is 0 Å². The second kappa shape index (κ2) is 10.1. The van der Waals surface area contributed by atoms with Crippen molar-refractivity contribution in [3.8, 4) is 5.75 Å². The number of thioether (sulfide) groups is 1. The Morgan fingerprint density at radius 1 is 1.09 bits per heavy atom. The lowest BCUT2D eigenvalue weighted by atomic mass is 10.1. The minimum absolute atomic E-state index is 0.241. The third-order valence-electron chi connectivity index (χ3n) is 5.46.